The van der Waals surface area contributed by atoms with Gasteiger partial charge in [-0.05, 0) is 0 Å². The molecule has 1 amide bonds. The zero-order chi connectivity index (χ0) is 12.1. The average Bonchev–Trinajstić information content (AvgIpc) is 2.98. The Morgan fingerprint density at radius 1 is 1.53 bits per heavy atom. The number of nitrogens with zero attached hydrogens (tertiary/aromatic N) is 4. The van der Waals surface area contributed by atoms with Crippen LogP contribution in [0.4, 0.5) is 0 Å². The van der Waals surface area contributed by atoms with E-state index in [4.69, 9.17) is 5.73 Å². The Morgan fingerprint density at radius 2 is 2.41 bits per heavy atom. The Kier molecular flexibility index (Phi) is 3.78. The van der Waals surface area contributed by atoms with Crippen LogP contribution in [0.25, 0.3) is 0 Å². The van der Waals surface area contributed by atoms with Crippen molar-refractivity contribution in [3.05, 3.63) is 28.5 Å². The van der Waals surface area contributed by atoms with E-state index in [1.807, 2.05) is 5.38 Å². The lowest BCUT2D eigenvalue weighted by molar-refractivity contribution is -0.119. The molecule has 0 aliphatic rings. The zero-order valence-electron chi connectivity index (χ0n) is 9.04. The summed E-state index contributed by atoms with van der Waals surface area (Å²) >= 11 is 1.54. The predicted molar refractivity (Wildman–Crippen MR) is 62.1 cm³/mol. The fourth-order valence-corrected chi connectivity index (χ4v) is 1.79. The highest BCUT2D eigenvalue weighted by Gasteiger charge is 2.04. The van der Waals surface area contributed by atoms with Crippen LogP contribution in [0.3, 0.4) is 0 Å². The number of aromatic nitrogens is 4. The summed E-state index contributed by atoms with van der Waals surface area (Å²) in [7, 11) is 0. The third-order valence-corrected chi connectivity index (χ3v) is 2.68. The molecule has 0 aromatic carbocycles. The van der Waals surface area contributed by atoms with Crippen LogP contribution in [0.2, 0.25) is 0 Å². The first-order valence-electron chi connectivity index (χ1n) is 5.01. The Labute approximate surface area is 102 Å². The van der Waals surface area contributed by atoms with Gasteiger partial charge in [0.05, 0.1) is 37.0 Å². The van der Waals surface area contributed by atoms with Crippen LogP contribution in [0.15, 0.2) is 17.1 Å². The van der Waals surface area contributed by atoms with Crippen molar-refractivity contribution in [3.8, 4) is 0 Å². The van der Waals surface area contributed by atoms with E-state index in [0.717, 1.165) is 5.69 Å². The second kappa shape index (κ2) is 5.51. The Bertz CT molecular complexity index is 479. The lowest BCUT2D eigenvalue weighted by atomic mass is 10.4. The van der Waals surface area contributed by atoms with Crippen molar-refractivity contribution in [1.82, 2.24) is 25.3 Å². The predicted octanol–water partition coefficient (Wildman–Crippen LogP) is -0.642. The standard InChI is InChI=1S/C9H12N6OS/c10-1-9(16)11-2-7-3-15(14-13-7)4-8-5-17-6-12-8/h3,5-6H,1-2,4,10H2,(H,11,16). The van der Waals surface area contributed by atoms with E-state index < -0.39 is 0 Å². The average molecular weight is 252 g/mol. The van der Waals surface area contributed by atoms with Crippen LogP contribution in [0, 0.1) is 0 Å². The Morgan fingerprint density at radius 3 is 3.12 bits per heavy atom. The fraction of sp³-hybridized carbons (Fsp3) is 0.333. The quantitative estimate of drug-likeness (QED) is 0.737. The molecule has 0 aliphatic carbocycles. The van der Waals surface area contributed by atoms with Crippen LogP contribution >= 0.6 is 11.3 Å². The fourth-order valence-electron chi connectivity index (χ4n) is 1.24. The molecule has 0 saturated carbocycles. The summed E-state index contributed by atoms with van der Waals surface area (Å²) in [6.07, 6.45) is 1.77. The van der Waals surface area contributed by atoms with E-state index in [1.165, 1.54) is 11.3 Å². The van der Waals surface area contributed by atoms with Gasteiger partial charge in [-0.25, -0.2) is 9.67 Å². The molecule has 0 spiro atoms. The van der Waals surface area contributed by atoms with Gasteiger partial charge in [0.1, 0.15) is 5.69 Å². The van der Waals surface area contributed by atoms with E-state index >= 15 is 0 Å². The molecule has 2 aromatic heterocycles. The number of amides is 1. The summed E-state index contributed by atoms with van der Waals surface area (Å²) in [6, 6.07) is 0. The van der Waals surface area contributed by atoms with Gasteiger partial charge in [0, 0.05) is 5.38 Å². The van der Waals surface area contributed by atoms with Gasteiger partial charge in [-0.3, -0.25) is 4.79 Å². The van der Waals surface area contributed by atoms with Crippen LogP contribution in [0.5, 0.6) is 0 Å². The highest BCUT2D eigenvalue weighted by molar-refractivity contribution is 7.07. The number of rotatable bonds is 5. The van der Waals surface area contributed by atoms with Gasteiger partial charge >= 0.3 is 0 Å². The molecule has 90 valence electrons. The summed E-state index contributed by atoms with van der Waals surface area (Å²) in [6.45, 7) is 0.904. The second-order valence-electron chi connectivity index (χ2n) is 3.37. The number of hydrogen-bond acceptors (Lipinski definition) is 6. The van der Waals surface area contributed by atoms with Crippen molar-refractivity contribution in [3.63, 3.8) is 0 Å². The maximum Gasteiger partial charge on any atom is 0.234 e. The van der Waals surface area contributed by atoms with E-state index in [9.17, 15) is 4.79 Å². The van der Waals surface area contributed by atoms with Crippen LogP contribution in [0.1, 0.15) is 11.4 Å². The van der Waals surface area contributed by atoms with Gasteiger partial charge in [-0.1, -0.05) is 5.21 Å². The number of carbonyl (C=O) groups excluding carboxylic acids is 1. The molecular weight excluding hydrogens is 240 g/mol. The largest absolute Gasteiger partial charge is 0.349 e. The number of nitrogens with one attached hydrogen (secondary N) is 1. The molecule has 0 aliphatic heterocycles. The molecule has 7 nitrogen and oxygen atoms in total. The van der Waals surface area contributed by atoms with Crippen molar-refractivity contribution >= 4 is 17.2 Å². The number of thiazole rings is 1. The molecule has 17 heavy (non-hydrogen) atoms. The maximum atomic E-state index is 10.9. The molecule has 2 aromatic rings. The lowest BCUT2D eigenvalue weighted by Gasteiger charge is -1.98. The lowest BCUT2D eigenvalue weighted by Crippen LogP contribution is -2.29. The van der Waals surface area contributed by atoms with Crippen molar-refractivity contribution in [2.45, 2.75) is 13.1 Å². The summed E-state index contributed by atoms with van der Waals surface area (Å²) < 4.78 is 1.68. The van der Waals surface area contributed by atoms with Gasteiger partial charge in [0.15, 0.2) is 0 Å². The molecule has 3 N–H and O–H groups in total. The molecule has 0 unspecified atom stereocenters. The van der Waals surface area contributed by atoms with Crippen LogP contribution < -0.4 is 11.1 Å². The first kappa shape index (κ1) is 11.7. The number of hydrogen-bond donors (Lipinski definition) is 2. The summed E-state index contributed by atoms with van der Waals surface area (Å²) in [5.41, 5.74) is 8.58. The molecule has 0 radical (unpaired) electrons. The summed E-state index contributed by atoms with van der Waals surface area (Å²) in [4.78, 5) is 15.1. The van der Waals surface area contributed by atoms with E-state index in [-0.39, 0.29) is 12.5 Å². The minimum absolute atomic E-state index is 0.0209. The van der Waals surface area contributed by atoms with Crippen molar-refractivity contribution in [2.75, 3.05) is 6.54 Å². The SMILES string of the molecule is NCC(=O)NCc1cn(Cc2cscn2)nn1. The molecule has 2 heterocycles. The van der Waals surface area contributed by atoms with E-state index in [1.54, 1.807) is 16.4 Å². The molecule has 0 atom stereocenters. The van der Waals surface area contributed by atoms with Gasteiger partial charge in [0.2, 0.25) is 5.91 Å². The molecule has 0 fully saturated rings. The zero-order valence-corrected chi connectivity index (χ0v) is 9.85. The molecule has 0 saturated heterocycles. The minimum Gasteiger partial charge on any atom is -0.349 e. The van der Waals surface area contributed by atoms with Crippen molar-refractivity contribution in [2.24, 2.45) is 5.73 Å². The number of nitrogens with two attached hydrogens (primary N) is 1. The van der Waals surface area contributed by atoms with Gasteiger partial charge in [-0.15, -0.1) is 16.4 Å². The second-order valence-corrected chi connectivity index (χ2v) is 4.09. The minimum atomic E-state index is -0.209. The highest BCUT2D eigenvalue weighted by atomic mass is 32.1. The highest BCUT2D eigenvalue weighted by Crippen LogP contribution is 2.03. The third-order valence-electron chi connectivity index (χ3n) is 2.05. The van der Waals surface area contributed by atoms with Crippen LogP contribution in [-0.4, -0.2) is 32.4 Å². The smallest absolute Gasteiger partial charge is 0.234 e. The topological polar surface area (TPSA) is 98.7 Å². The Hall–Kier alpha value is -1.80. The molecule has 0 bridgehead atoms. The van der Waals surface area contributed by atoms with Gasteiger partial charge in [0.25, 0.3) is 0 Å². The first-order chi connectivity index (χ1) is 8.28. The van der Waals surface area contributed by atoms with Crippen molar-refractivity contribution < 1.29 is 4.79 Å². The third kappa shape index (κ3) is 3.33. The van der Waals surface area contributed by atoms with Crippen LogP contribution in [-0.2, 0) is 17.9 Å². The first-order valence-corrected chi connectivity index (χ1v) is 5.95. The summed E-state index contributed by atoms with van der Waals surface area (Å²) in [5, 5.41) is 12.5. The van der Waals surface area contributed by atoms with Crippen molar-refractivity contribution in [1.29, 1.82) is 0 Å². The maximum absolute atomic E-state index is 10.9. The van der Waals surface area contributed by atoms with E-state index in [2.05, 4.69) is 20.6 Å². The molecule has 8 heteroatoms. The Balaban J connectivity index is 1.90. The van der Waals surface area contributed by atoms with Gasteiger partial charge < -0.3 is 11.1 Å². The summed E-state index contributed by atoms with van der Waals surface area (Å²) in [5.74, 6) is -0.209. The monoisotopic (exact) mass is 252 g/mol. The molecule has 2 rings (SSSR count). The van der Waals surface area contributed by atoms with Gasteiger partial charge in [-0.2, -0.15) is 0 Å². The van der Waals surface area contributed by atoms with E-state index in [0.29, 0.717) is 18.8 Å². The normalized spacial score (nSPS) is 10.4. The number of carbonyl (C=O) groups is 1. The molecular formula is C9H12N6OS.